The van der Waals surface area contributed by atoms with Crippen molar-refractivity contribution in [2.75, 3.05) is 0 Å². The summed E-state index contributed by atoms with van der Waals surface area (Å²) in [6, 6.07) is 6.85. The zero-order valence-electron chi connectivity index (χ0n) is 13.7. The summed E-state index contributed by atoms with van der Waals surface area (Å²) in [7, 11) is 0. The lowest BCUT2D eigenvalue weighted by molar-refractivity contribution is -0.0498. The first-order valence-corrected chi connectivity index (χ1v) is 8.67. The average Bonchev–Trinajstić information content (AvgIpc) is 2.57. The third-order valence-electron chi connectivity index (χ3n) is 3.98. The summed E-state index contributed by atoms with van der Waals surface area (Å²) in [6.45, 7) is -0.845. The summed E-state index contributed by atoms with van der Waals surface area (Å²) < 4.78 is 28.7. The third kappa shape index (κ3) is 6.03. The molecule has 0 heterocycles. The molecule has 1 aliphatic rings. The van der Waals surface area contributed by atoms with E-state index in [0.717, 1.165) is 24.1 Å². The van der Waals surface area contributed by atoms with Crippen molar-refractivity contribution in [3.63, 3.8) is 0 Å². The summed E-state index contributed by atoms with van der Waals surface area (Å²) in [5, 5.41) is 8.15. The van der Waals surface area contributed by atoms with Crippen molar-refractivity contribution in [2.45, 2.75) is 58.1 Å². The van der Waals surface area contributed by atoms with E-state index < -0.39 is 6.61 Å². The van der Waals surface area contributed by atoms with Crippen molar-refractivity contribution < 1.29 is 13.5 Å². The molecule has 0 atom stereocenters. The Morgan fingerprint density at radius 2 is 1.92 bits per heavy atom. The van der Waals surface area contributed by atoms with Gasteiger partial charge in [-0.2, -0.15) is 13.9 Å². The maximum absolute atomic E-state index is 12.2. The molecule has 0 aliphatic heterocycles. The highest BCUT2D eigenvalue weighted by Gasteiger charge is 2.13. The van der Waals surface area contributed by atoms with Gasteiger partial charge in [0.05, 0.1) is 5.71 Å². The van der Waals surface area contributed by atoms with Gasteiger partial charge in [-0.1, -0.05) is 26.2 Å². The Bertz CT molecular complexity index is 557. The molecule has 2 N–H and O–H groups in total. The molecule has 4 nitrogen and oxygen atoms in total. The van der Waals surface area contributed by atoms with Crippen molar-refractivity contribution in [2.24, 2.45) is 5.10 Å². The van der Waals surface area contributed by atoms with Gasteiger partial charge in [0.15, 0.2) is 5.11 Å². The lowest BCUT2D eigenvalue weighted by Crippen LogP contribution is -2.41. The largest absolute Gasteiger partial charge is 0.435 e. The molecule has 0 unspecified atom stereocenters. The summed E-state index contributed by atoms with van der Waals surface area (Å²) >= 11 is 5.29. The summed E-state index contributed by atoms with van der Waals surface area (Å²) in [4.78, 5) is 0. The van der Waals surface area contributed by atoms with Crippen molar-refractivity contribution >= 4 is 23.0 Å². The number of ether oxygens (including phenoxy) is 1. The second-order valence-corrected chi connectivity index (χ2v) is 6.14. The maximum Gasteiger partial charge on any atom is 0.387 e. The molecule has 1 fully saturated rings. The molecule has 1 aliphatic carbocycles. The fourth-order valence-corrected chi connectivity index (χ4v) is 2.97. The molecule has 7 heteroatoms. The monoisotopic (exact) mass is 355 g/mol. The van der Waals surface area contributed by atoms with Crippen LogP contribution in [-0.2, 0) is 0 Å². The van der Waals surface area contributed by atoms with Crippen LogP contribution in [0.2, 0.25) is 0 Å². The smallest absolute Gasteiger partial charge is 0.387 e. The maximum atomic E-state index is 12.2. The molecule has 2 rings (SSSR count). The number of alkyl halides is 2. The van der Waals surface area contributed by atoms with Gasteiger partial charge in [-0.05, 0) is 61.3 Å². The summed E-state index contributed by atoms with van der Waals surface area (Å²) in [5.41, 5.74) is 4.52. The minimum atomic E-state index is -2.82. The zero-order valence-corrected chi connectivity index (χ0v) is 14.5. The number of thiocarbonyl (C=S) groups is 1. The molecule has 24 heavy (non-hydrogen) atoms. The van der Waals surface area contributed by atoms with E-state index in [2.05, 4.69) is 20.6 Å². The standard InChI is InChI=1S/C17H23F2N3OS/c1-2-15(12-8-10-14(11-9-12)23-16(18)19)21-22-17(24)20-13-6-4-3-5-7-13/h8-11,13,16H,2-7H2,1H3,(H2,20,22,24). The second kappa shape index (κ2) is 9.52. The van der Waals surface area contributed by atoms with Gasteiger partial charge in [0.25, 0.3) is 0 Å². The fraction of sp³-hybridized carbons (Fsp3) is 0.529. The zero-order chi connectivity index (χ0) is 17.4. The molecule has 1 saturated carbocycles. The van der Waals surface area contributed by atoms with Crippen molar-refractivity contribution in [1.29, 1.82) is 0 Å². The number of halogens is 2. The van der Waals surface area contributed by atoms with E-state index in [4.69, 9.17) is 12.2 Å². The number of benzene rings is 1. The van der Waals surface area contributed by atoms with Gasteiger partial charge in [-0.15, -0.1) is 0 Å². The number of nitrogens with one attached hydrogen (secondary N) is 2. The Kier molecular flexibility index (Phi) is 7.36. The number of nitrogens with zero attached hydrogens (tertiary/aromatic N) is 1. The van der Waals surface area contributed by atoms with Gasteiger partial charge in [0.2, 0.25) is 0 Å². The Morgan fingerprint density at radius 1 is 1.25 bits per heavy atom. The SMILES string of the molecule is CCC(=NNC(=S)NC1CCCCC1)c1ccc(OC(F)F)cc1. The van der Waals surface area contributed by atoms with Crippen LogP contribution in [0.4, 0.5) is 8.78 Å². The minimum Gasteiger partial charge on any atom is -0.435 e. The number of hydrogen-bond acceptors (Lipinski definition) is 3. The average molecular weight is 355 g/mol. The summed E-state index contributed by atoms with van der Waals surface area (Å²) in [6.07, 6.45) is 6.72. The Morgan fingerprint density at radius 3 is 2.50 bits per heavy atom. The summed E-state index contributed by atoms with van der Waals surface area (Å²) in [5.74, 6) is 0.131. The molecule has 0 bridgehead atoms. The number of hydrazone groups is 1. The Hall–Kier alpha value is -1.76. The fourth-order valence-electron chi connectivity index (χ4n) is 2.76. The molecule has 0 saturated heterocycles. The van der Waals surface area contributed by atoms with Crippen LogP contribution in [0.25, 0.3) is 0 Å². The quantitative estimate of drug-likeness (QED) is 0.456. The molecule has 132 valence electrons. The van der Waals surface area contributed by atoms with E-state index in [1.165, 1.54) is 31.4 Å². The highest BCUT2D eigenvalue weighted by Crippen LogP contribution is 2.17. The van der Waals surface area contributed by atoms with Crippen LogP contribution in [0.5, 0.6) is 5.75 Å². The van der Waals surface area contributed by atoms with Crippen LogP contribution in [0.1, 0.15) is 51.0 Å². The van der Waals surface area contributed by atoms with Crippen LogP contribution >= 0.6 is 12.2 Å². The number of rotatable bonds is 6. The number of hydrogen-bond donors (Lipinski definition) is 2. The lowest BCUT2D eigenvalue weighted by Gasteiger charge is -2.23. The highest BCUT2D eigenvalue weighted by atomic mass is 32.1. The third-order valence-corrected chi connectivity index (χ3v) is 4.19. The first-order valence-electron chi connectivity index (χ1n) is 8.26. The van der Waals surface area contributed by atoms with Crippen LogP contribution in [0, 0.1) is 0 Å². The van der Waals surface area contributed by atoms with Crippen molar-refractivity contribution in [1.82, 2.24) is 10.7 Å². The van der Waals surface area contributed by atoms with Gasteiger partial charge in [0, 0.05) is 6.04 Å². The van der Waals surface area contributed by atoms with E-state index in [-0.39, 0.29) is 5.75 Å². The van der Waals surface area contributed by atoms with Crippen LogP contribution in [0.15, 0.2) is 29.4 Å². The normalized spacial score (nSPS) is 16.1. The van der Waals surface area contributed by atoms with E-state index in [1.807, 2.05) is 6.92 Å². The van der Waals surface area contributed by atoms with Crippen LogP contribution in [0.3, 0.4) is 0 Å². The molecule has 0 aromatic heterocycles. The van der Waals surface area contributed by atoms with E-state index >= 15 is 0 Å². The predicted molar refractivity (Wildman–Crippen MR) is 95.6 cm³/mol. The van der Waals surface area contributed by atoms with Gasteiger partial charge >= 0.3 is 6.61 Å². The molecule has 0 amide bonds. The first-order chi connectivity index (χ1) is 11.6. The second-order valence-electron chi connectivity index (χ2n) is 5.74. The molecule has 1 aromatic carbocycles. The molecule has 0 radical (unpaired) electrons. The Labute approximate surface area is 146 Å². The topological polar surface area (TPSA) is 45.7 Å². The van der Waals surface area contributed by atoms with E-state index in [0.29, 0.717) is 17.6 Å². The molecular weight excluding hydrogens is 332 g/mol. The first kappa shape index (κ1) is 18.6. The van der Waals surface area contributed by atoms with Crippen LogP contribution in [-0.4, -0.2) is 23.5 Å². The lowest BCUT2D eigenvalue weighted by atomic mass is 9.96. The van der Waals surface area contributed by atoms with Crippen molar-refractivity contribution in [3.05, 3.63) is 29.8 Å². The van der Waals surface area contributed by atoms with E-state index in [1.54, 1.807) is 12.1 Å². The molecule has 0 spiro atoms. The van der Waals surface area contributed by atoms with Gasteiger partial charge in [-0.25, -0.2) is 0 Å². The van der Waals surface area contributed by atoms with Gasteiger partial charge in [-0.3, -0.25) is 5.43 Å². The van der Waals surface area contributed by atoms with Gasteiger partial charge in [0.1, 0.15) is 5.75 Å². The van der Waals surface area contributed by atoms with Crippen molar-refractivity contribution in [3.8, 4) is 5.75 Å². The molecule has 1 aromatic rings. The highest BCUT2D eigenvalue weighted by molar-refractivity contribution is 7.80. The van der Waals surface area contributed by atoms with E-state index in [9.17, 15) is 8.78 Å². The predicted octanol–water partition coefficient (Wildman–Crippen LogP) is 4.20. The van der Waals surface area contributed by atoms with Crippen LogP contribution < -0.4 is 15.5 Å². The van der Waals surface area contributed by atoms with Gasteiger partial charge < -0.3 is 10.1 Å². The molecular formula is C17H23F2N3OS. The minimum absolute atomic E-state index is 0.131. The Balaban J connectivity index is 1.91.